The Labute approximate surface area is 115 Å². The van der Waals surface area contributed by atoms with Gasteiger partial charge in [0.25, 0.3) is 0 Å². The van der Waals surface area contributed by atoms with Crippen LogP contribution in [0.3, 0.4) is 0 Å². The molecule has 0 fully saturated rings. The van der Waals surface area contributed by atoms with Crippen molar-refractivity contribution in [2.75, 3.05) is 10.5 Å². The summed E-state index contributed by atoms with van der Waals surface area (Å²) in [4.78, 5) is 0. The molecule has 0 amide bonds. The Morgan fingerprint density at radius 2 is 1.88 bits per heavy atom. The summed E-state index contributed by atoms with van der Waals surface area (Å²) in [6.45, 7) is 1.73. The number of phenolic OH excluding ortho intramolecular Hbond substituents is 1. The van der Waals surface area contributed by atoms with E-state index in [1.807, 2.05) is 0 Å². The van der Waals surface area contributed by atoms with Crippen molar-refractivity contribution in [2.24, 2.45) is 0 Å². The van der Waals surface area contributed by atoms with Crippen LogP contribution >= 0.6 is 34.8 Å². The second kappa shape index (κ2) is 5.52. The topological polar surface area (TPSA) is 66.4 Å². The molecular formula is C9H10Cl3NO3S. The van der Waals surface area contributed by atoms with Gasteiger partial charge in [0, 0.05) is 0 Å². The molecular weight excluding hydrogens is 309 g/mol. The van der Waals surface area contributed by atoms with E-state index in [1.54, 1.807) is 6.92 Å². The fraction of sp³-hybridized carbons (Fsp3) is 0.333. The number of phenols is 1. The standard InChI is InChI=1S/C9H10Cl3NO3S/c1-2-3-17(15,16)13-6-4-5(10)9(14)8(12)7(6)11/h4,13-14H,2-3H2,1H3. The third-order valence-electron chi connectivity index (χ3n) is 1.87. The normalized spacial score (nSPS) is 11.5. The lowest BCUT2D eigenvalue weighted by Crippen LogP contribution is -2.16. The molecule has 0 aliphatic rings. The van der Waals surface area contributed by atoms with E-state index in [2.05, 4.69) is 4.72 Å². The predicted molar refractivity (Wildman–Crippen MR) is 70.8 cm³/mol. The van der Waals surface area contributed by atoms with Crippen LogP contribution in [-0.4, -0.2) is 19.3 Å². The lowest BCUT2D eigenvalue weighted by atomic mass is 10.3. The lowest BCUT2D eigenvalue weighted by molar-refractivity contribution is 0.476. The number of aromatic hydroxyl groups is 1. The van der Waals surface area contributed by atoms with Crippen LogP contribution in [0.4, 0.5) is 5.69 Å². The minimum atomic E-state index is -3.49. The predicted octanol–water partition coefficient (Wildman–Crippen LogP) is 3.50. The molecule has 1 aromatic carbocycles. The van der Waals surface area contributed by atoms with Crippen LogP contribution in [0.15, 0.2) is 6.07 Å². The fourth-order valence-corrected chi connectivity index (χ4v) is 2.99. The van der Waals surface area contributed by atoms with Gasteiger partial charge in [-0.25, -0.2) is 8.42 Å². The minimum absolute atomic E-state index is 0.0422. The quantitative estimate of drug-likeness (QED) is 0.659. The van der Waals surface area contributed by atoms with Crippen LogP contribution in [0.2, 0.25) is 15.1 Å². The van der Waals surface area contributed by atoms with E-state index in [-0.39, 0.29) is 32.3 Å². The van der Waals surface area contributed by atoms with E-state index in [9.17, 15) is 13.5 Å². The first kappa shape index (κ1) is 14.7. The highest BCUT2D eigenvalue weighted by atomic mass is 35.5. The van der Waals surface area contributed by atoms with Crippen molar-refractivity contribution in [3.05, 3.63) is 21.1 Å². The molecule has 4 nitrogen and oxygen atoms in total. The molecule has 0 radical (unpaired) electrons. The van der Waals surface area contributed by atoms with Crippen molar-refractivity contribution in [3.8, 4) is 5.75 Å². The van der Waals surface area contributed by atoms with Crippen LogP contribution in [0.25, 0.3) is 0 Å². The Kier molecular flexibility index (Phi) is 4.77. The van der Waals surface area contributed by atoms with Gasteiger partial charge in [0.15, 0.2) is 5.75 Å². The second-order valence-electron chi connectivity index (χ2n) is 3.30. The molecule has 0 spiro atoms. The van der Waals surface area contributed by atoms with Gasteiger partial charge in [-0.2, -0.15) is 0 Å². The van der Waals surface area contributed by atoms with Gasteiger partial charge in [-0.1, -0.05) is 41.7 Å². The average Bonchev–Trinajstić information content (AvgIpc) is 2.22. The number of halogens is 3. The first-order chi connectivity index (χ1) is 7.78. The largest absolute Gasteiger partial charge is 0.505 e. The first-order valence-corrected chi connectivity index (χ1v) is 7.44. The number of sulfonamides is 1. The highest BCUT2D eigenvalue weighted by Gasteiger charge is 2.17. The summed E-state index contributed by atoms with van der Waals surface area (Å²) in [5.74, 6) is -0.420. The smallest absolute Gasteiger partial charge is 0.232 e. The molecule has 0 saturated carbocycles. The Morgan fingerprint density at radius 3 is 2.41 bits per heavy atom. The molecule has 0 aliphatic carbocycles. The molecule has 0 heterocycles. The summed E-state index contributed by atoms with van der Waals surface area (Å²) in [5.41, 5.74) is 0.0490. The Hall–Kier alpha value is -0.360. The summed E-state index contributed by atoms with van der Waals surface area (Å²) in [5, 5.41) is 9.04. The molecule has 1 aromatic rings. The van der Waals surface area contributed by atoms with Gasteiger partial charge in [0.2, 0.25) is 10.0 Å². The third kappa shape index (κ3) is 3.55. The van der Waals surface area contributed by atoms with E-state index in [0.717, 1.165) is 0 Å². The van der Waals surface area contributed by atoms with E-state index < -0.39 is 10.0 Å². The monoisotopic (exact) mass is 317 g/mol. The van der Waals surface area contributed by atoms with Crippen LogP contribution < -0.4 is 4.72 Å². The van der Waals surface area contributed by atoms with E-state index in [4.69, 9.17) is 34.8 Å². The van der Waals surface area contributed by atoms with Crippen molar-refractivity contribution < 1.29 is 13.5 Å². The number of anilines is 1. The third-order valence-corrected chi connectivity index (χ3v) is 4.49. The molecule has 0 saturated heterocycles. The number of hydrogen-bond donors (Lipinski definition) is 2. The van der Waals surface area contributed by atoms with Crippen molar-refractivity contribution in [3.63, 3.8) is 0 Å². The van der Waals surface area contributed by atoms with Crippen molar-refractivity contribution in [2.45, 2.75) is 13.3 Å². The summed E-state index contributed by atoms with van der Waals surface area (Å²) >= 11 is 17.2. The summed E-state index contributed by atoms with van der Waals surface area (Å²) in [7, 11) is -3.49. The molecule has 96 valence electrons. The molecule has 0 unspecified atom stereocenters. The molecule has 17 heavy (non-hydrogen) atoms. The molecule has 8 heteroatoms. The Morgan fingerprint density at radius 1 is 1.29 bits per heavy atom. The van der Waals surface area contributed by atoms with Gasteiger partial charge in [0.1, 0.15) is 5.02 Å². The maximum absolute atomic E-state index is 11.5. The van der Waals surface area contributed by atoms with Crippen molar-refractivity contribution >= 4 is 50.5 Å². The molecule has 0 aromatic heterocycles. The summed E-state index contributed by atoms with van der Waals surface area (Å²) < 4.78 is 25.3. The van der Waals surface area contributed by atoms with Crippen LogP contribution in [-0.2, 0) is 10.0 Å². The number of benzene rings is 1. The molecule has 1 rings (SSSR count). The van der Waals surface area contributed by atoms with E-state index >= 15 is 0 Å². The average molecular weight is 319 g/mol. The number of hydrogen-bond acceptors (Lipinski definition) is 3. The van der Waals surface area contributed by atoms with Crippen LogP contribution in [0.1, 0.15) is 13.3 Å². The first-order valence-electron chi connectivity index (χ1n) is 4.65. The SMILES string of the molecule is CCCS(=O)(=O)Nc1cc(Cl)c(O)c(Cl)c1Cl. The lowest BCUT2D eigenvalue weighted by Gasteiger charge is -2.11. The van der Waals surface area contributed by atoms with Gasteiger partial charge in [-0.05, 0) is 12.5 Å². The second-order valence-corrected chi connectivity index (χ2v) is 6.31. The molecule has 0 aliphatic heterocycles. The molecule has 0 atom stereocenters. The number of nitrogens with one attached hydrogen (secondary N) is 1. The number of rotatable bonds is 4. The van der Waals surface area contributed by atoms with Crippen LogP contribution in [0, 0.1) is 0 Å². The Bertz CT molecular complexity index is 531. The highest BCUT2D eigenvalue weighted by molar-refractivity contribution is 7.92. The molecule has 2 N–H and O–H groups in total. The van der Waals surface area contributed by atoms with Gasteiger partial charge in [0.05, 0.1) is 21.5 Å². The zero-order valence-electron chi connectivity index (χ0n) is 8.80. The summed E-state index contributed by atoms with van der Waals surface area (Å²) in [6.07, 6.45) is 0.465. The highest BCUT2D eigenvalue weighted by Crippen LogP contribution is 2.42. The zero-order valence-corrected chi connectivity index (χ0v) is 11.9. The van der Waals surface area contributed by atoms with Crippen molar-refractivity contribution in [1.82, 2.24) is 0 Å². The fourth-order valence-electron chi connectivity index (χ4n) is 1.15. The van der Waals surface area contributed by atoms with Gasteiger partial charge in [-0.15, -0.1) is 0 Å². The van der Waals surface area contributed by atoms with Gasteiger partial charge in [-0.3, -0.25) is 4.72 Å². The van der Waals surface area contributed by atoms with E-state index in [1.165, 1.54) is 6.07 Å². The summed E-state index contributed by atoms with van der Waals surface area (Å²) in [6, 6.07) is 1.21. The van der Waals surface area contributed by atoms with E-state index in [0.29, 0.717) is 6.42 Å². The zero-order chi connectivity index (χ0) is 13.2. The van der Waals surface area contributed by atoms with Gasteiger partial charge < -0.3 is 5.11 Å². The molecule has 0 bridgehead atoms. The maximum atomic E-state index is 11.5. The van der Waals surface area contributed by atoms with Crippen LogP contribution in [0.5, 0.6) is 5.75 Å². The Balaban J connectivity index is 3.17. The van der Waals surface area contributed by atoms with Crippen molar-refractivity contribution in [1.29, 1.82) is 0 Å². The maximum Gasteiger partial charge on any atom is 0.232 e. The van der Waals surface area contributed by atoms with Gasteiger partial charge >= 0.3 is 0 Å². The minimum Gasteiger partial charge on any atom is -0.505 e.